The number of benzene rings is 1. The first-order chi connectivity index (χ1) is 12.5. The van der Waals surface area contributed by atoms with E-state index in [0.29, 0.717) is 37.6 Å². The molecule has 1 fully saturated rings. The van der Waals surface area contributed by atoms with Gasteiger partial charge < -0.3 is 24.0 Å². The highest BCUT2D eigenvalue weighted by molar-refractivity contribution is 5.69. The van der Waals surface area contributed by atoms with Crippen LogP contribution in [0.15, 0.2) is 18.2 Å². The van der Waals surface area contributed by atoms with E-state index in [1.807, 2.05) is 4.90 Å². The van der Waals surface area contributed by atoms with Gasteiger partial charge in [-0.1, -0.05) is 0 Å². The predicted molar refractivity (Wildman–Crippen MR) is 94.6 cm³/mol. The zero-order valence-electron chi connectivity index (χ0n) is 15.9. The molecule has 9 heteroatoms. The normalized spacial score (nSPS) is 15.5. The van der Waals surface area contributed by atoms with E-state index in [1.54, 1.807) is 31.7 Å². The zero-order chi connectivity index (χ0) is 20.2. The van der Waals surface area contributed by atoms with E-state index in [-0.39, 0.29) is 11.8 Å². The molecule has 2 rings (SSSR count). The molecule has 0 N–H and O–H groups in total. The summed E-state index contributed by atoms with van der Waals surface area (Å²) in [7, 11) is 1.49. The third-order valence-corrected chi connectivity index (χ3v) is 3.82. The number of nitrogens with zero attached hydrogens (tertiary/aromatic N) is 2. The van der Waals surface area contributed by atoms with Crippen LogP contribution in [-0.2, 0) is 4.74 Å². The highest BCUT2D eigenvalue weighted by Crippen LogP contribution is 2.33. The largest absolute Gasteiger partial charge is 0.495 e. The van der Waals surface area contributed by atoms with E-state index >= 15 is 0 Å². The molecule has 0 radical (unpaired) electrons. The molecule has 0 spiro atoms. The van der Waals surface area contributed by atoms with Crippen molar-refractivity contribution >= 4 is 11.8 Å². The second-order valence-corrected chi connectivity index (χ2v) is 7.19. The number of hydrogen-bond donors (Lipinski definition) is 0. The Balaban J connectivity index is 2.04. The second kappa shape index (κ2) is 8.14. The summed E-state index contributed by atoms with van der Waals surface area (Å²) < 4.78 is 52.6. The van der Waals surface area contributed by atoms with Crippen LogP contribution in [0.2, 0.25) is 0 Å². The summed E-state index contributed by atoms with van der Waals surface area (Å²) in [6.45, 7) is 5.93. The van der Waals surface area contributed by atoms with Crippen LogP contribution in [0.4, 0.5) is 23.7 Å². The van der Waals surface area contributed by atoms with Crippen LogP contribution in [0, 0.1) is 0 Å². The summed E-state index contributed by atoms with van der Waals surface area (Å²) >= 11 is 0. The van der Waals surface area contributed by atoms with Crippen molar-refractivity contribution < 1.29 is 32.2 Å². The first kappa shape index (κ1) is 21.0. The Morgan fingerprint density at radius 2 is 1.74 bits per heavy atom. The van der Waals surface area contributed by atoms with E-state index < -0.39 is 18.4 Å². The molecule has 6 nitrogen and oxygen atoms in total. The van der Waals surface area contributed by atoms with Crippen LogP contribution in [0.1, 0.15) is 20.8 Å². The molecule has 0 aliphatic carbocycles. The third kappa shape index (κ3) is 6.41. The van der Waals surface area contributed by atoms with E-state index in [4.69, 9.17) is 14.2 Å². The van der Waals surface area contributed by atoms with Crippen molar-refractivity contribution in [2.24, 2.45) is 0 Å². The number of piperazine rings is 1. The minimum absolute atomic E-state index is 0.109. The lowest BCUT2D eigenvalue weighted by molar-refractivity contribution is -0.153. The molecule has 0 atom stereocenters. The lowest BCUT2D eigenvalue weighted by atomic mass is 10.2. The first-order valence-electron chi connectivity index (χ1n) is 8.59. The summed E-state index contributed by atoms with van der Waals surface area (Å²) in [6, 6.07) is 4.53. The van der Waals surface area contributed by atoms with Crippen molar-refractivity contribution in [3.8, 4) is 11.5 Å². The van der Waals surface area contributed by atoms with Gasteiger partial charge in [-0.3, -0.25) is 0 Å². The van der Waals surface area contributed by atoms with Crippen molar-refractivity contribution in [3.05, 3.63) is 18.2 Å². The molecule has 0 bridgehead atoms. The Bertz CT molecular complexity index is 651. The SMILES string of the molecule is COc1ccc(OCC(F)(F)F)cc1N1CCN(C(=O)OC(C)(C)C)CC1. The highest BCUT2D eigenvalue weighted by Gasteiger charge is 2.29. The third-order valence-electron chi connectivity index (χ3n) is 3.82. The van der Waals surface area contributed by atoms with Crippen LogP contribution >= 0.6 is 0 Å². The van der Waals surface area contributed by atoms with Gasteiger partial charge in [0, 0.05) is 32.2 Å². The average Bonchev–Trinajstić information content (AvgIpc) is 2.58. The maximum atomic E-state index is 12.4. The summed E-state index contributed by atoms with van der Waals surface area (Å²) in [5, 5.41) is 0. The van der Waals surface area contributed by atoms with Crippen molar-refractivity contribution in [1.82, 2.24) is 4.90 Å². The summed E-state index contributed by atoms with van der Waals surface area (Å²) in [5.41, 5.74) is 0.0581. The summed E-state index contributed by atoms with van der Waals surface area (Å²) in [4.78, 5) is 15.7. The maximum absolute atomic E-state index is 12.4. The monoisotopic (exact) mass is 390 g/mol. The Morgan fingerprint density at radius 1 is 1.11 bits per heavy atom. The molecule has 152 valence electrons. The van der Waals surface area contributed by atoms with Gasteiger partial charge in [-0.15, -0.1) is 0 Å². The minimum atomic E-state index is -4.40. The van der Waals surface area contributed by atoms with Crippen molar-refractivity contribution in [2.45, 2.75) is 32.5 Å². The van der Waals surface area contributed by atoms with Gasteiger partial charge in [0.2, 0.25) is 0 Å². The van der Waals surface area contributed by atoms with Crippen LogP contribution < -0.4 is 14.4 Å². The van der Waals surface area contributed by atoms with Crippen molar-refractivity contribution in [1.29, 1.82) is 0 Å². The van der Waals surface area contributed by atoms with Crippen molar-refractivity contribution in [2.75, 3.05) is 44.8 Å². The Morgan fingerprint density at radius 3 is 2.26 bits per heavy atom. The molecule has 0 saturated carbocycles. The van der Waals surface area contributed by atoms with Gasteiger partial charge in [-0.05, 0) is 32.9 Å². The number of amides is 1. The summed E-state index contributed by atoms with van der Waals surface area (Å²) in [6.07, 6.45) is -4.78. The summed E-state index contributed by atoms with van der Waals surface area (Å²) in [5.74, 6) is 0.637. The van der Waals surface area contributed by atoms with Crippen LogP contribution in [0.5, 0.6) is 11.5 Å². The molecular weight excluding hydrogens is 365 g/mol. The molecule has 27 heavy (non-hydrogen) atoms. The van der Waals surface area contributed by atoms with Crippen LogP contribution in [-0.4, -0.2) is 62.7 Å². The van der Waals surface area contributed by atoms with Gasteiger partial charge in [0.25, 0.3) is 0 Å². The number of ether oxygens (including phenoxy) is 3. The topological polar surface area (TPSA) is 51.2 Å². The molecule has 0 aromatic heterocycles. The van der Waals surface area contributed by atoms with Gasteiger partial charge in [0.15, 0.2) is 6.61 Å². The number of rotatable bonds is 4. The first-order valence-corrected chi connectivity index (χ1v) is 8.59. The predicted octanol–water partition coefficient (Wildman–Crippen LogP) is 3.69. The Hall–Kier alpha value is -2.32. The molecule has 1 aromatic carbocycles. The molecule has 1 aromatic rings. The van der Waals surface area contributed by atoms with Crippen LogP contribution in [0.3, 0.4) is 0 Å². The van der Waals surface area contributed by atoms with Gasteiger partial charge in [-0.25, -0.2) is 4.79 Å². The highest BCUT2D eigenvalue weighted by atomic mass is 19.4. The standard InChI is InChI=1S/C18H25F3N2O4/c1-17(2,3)27-16(24)23-9-7-22(8-10-23)14-11-13(5-6-15(14)25-4)26-12-18(19,20)21/h5-6,11H,7-10,12H2,1-4H3. The number of carbonyl (C=O) groups excluding carboxylic acids is 1. The molecule has 1 aliphatic rings. The molecule has 0 unspecified atom stereocenters. The smallest absolute Gasteiger partial charge is 0.422 e. The van der Waals surface area contributed by atoms with Gasteiger partial charge in [0.05, 0.1) is 12.8 Å². The van der Waals surface area contributed by atoms with Crippen molar-refractivity contribution in [3.63, 3.8) is 0 Å². The van der Waals surface area contributed by atoms with E-state index in [0.717, 1.165) is 0 Å². The Kier molecular flexibility index (Phi) is 6.33. The quantitative estimate of drug-likeness (QED) is 0.785. The number of halogens is 3. The molecule has 1 heterocycles. The number of anilines is 1. The lowest BCUT2D eigenvalue weighted by Gasteiger charge is -2.37. The van der Waals surface area contributed by atoms with Gasteiger partial charge in [-0.2, -0.15) is 13.2 Å². The number of methoxy groups -OCH3 is 1. The molecule has 1 amide bonds. The molecular formula is C18H25F3N2O4. The van der Waals surface area contributed by atoms with Gasteiger partial charge >= 0.3 is 12.3 Å². The fourth-order valence-corrected chi connectivity index (χ4v) is 2.63. The fourth-order valence-electron chi connectivity index (χ4n) is 2.63. The second-order valence-electron chi connectivity index (χ2n) is 7.19. The molecule has 1 saturated heterocycles. The van der Waals surface area contributed by atoms with E-state index in [1.165, 1.54) is 19.2 Å². The lowest BCUT2D eigenvalue weighted by Crippen LogP contribution is -2.50. The van der Waals surface area contributed by atoms with E-state index in [9.17, 15) is 18.0 Å². The zero-order valence-corrected chi connectivity index (χ0v) is 15.9. The van der Waals surface area contributed by atoms with Gasteiger partial charge in [0.1, 0.15) is 17.1 Å². The fraction of sp³-hybridized carbons (Fsp3) is 0.611. The maximum Gasteiger partial charge on any atom is 0.422 e. The molecule has 1 aliphatic heterocycles. The Labute approximate surface area is 156 Å². The van der Waals surface area contributed by atoms with E-state index in [2.05, 4.69) is 0 Å². The average molecular weight is 390 g/mol. The van der Waals surface area contributed by atoms with Crippen LogP contribution in [0.25, 0.3) is 0 Å². The minimum Gasteiger partial charge on any atom is -0.495 e. The number of hydrogen-bond acceptors (Lipinski definition) is 5. The number of carbonyl (C=O) groups is 1. The number of alkyl halides is 3.